The molecule has 2 aromatic carbocycles. The van der Waals surface area contributed by atoms with E-state index in [9.17, 15) is 9.59 Å². The molecule has 1 aliphatic heterocycles. The van der Waals surface area contributed by atoms with Crippen LogP contribution in [0.1, 0.15) is 54.6 Å². The zero-order chi connectivity index (χ0) is 18.7. The van der Waals surface area contributed by atoms with Gasteiger partial charge in [-0.25, -0.2) is 0 Å². The second kappa shape index (κ2) is 7.73. The number of carbonyl (C=O) groups excluding carboxylic acids is 2. The summed E-state index contributed by atoms with van der Waals surface area (Å²) in [5.74, 6) is 0.141. The average molecular weight is 350 g/mol. The number of carbonyl (C=O) groups is 2. The first kappa shape index (κ1) is 18.2. The Morgan fingerprint density at radius 1 is 1.00 bits per heavy atom. The smallest absolute Gasteiger partial charge is 0.251 e. The minimum absolute atomic E-state index is 0.0655. The predicted molar refractivity (Wildman–Crippen MR) is 105 cm³/mol. The first-order valence-corrected chi connectivity index (χ1v) is 9.27. The Morgan fingerprint density at radius 2 is 1.69 bits per heavy atom. The fourth-order valence-electron chi connectivity index (χ4n) is 3.36. The van der Waals surface area contributed by atoms with Gasteiger partial charge in [0.25, 0.3) is 5.91 Å². The maximum absolute atomic E-state index is 12.9. The second-order valence-electron chi connectivity index (χ2n) is 7.19. The maximum Gasteiger partial charge on any atom is 0.251 e. The van der Waals surface area contributed by atoms with Gasteiger partial charge in [-0.15, -0.1) is 0 Å². The fourth-order valence-corrected chi connectivity index (χ4v) is 3.36. The number of benzene rings is 2. The lowest BCUT2D eigenvalue weighted by atomic mass is 10.0. The minimum atomic E-state index is -0.571. The Bertz CT molecular complexity index is 796. The van der Waals surface area contributed by atoms with Gasteiger partial charge in [0.05, 0.1) is 0 Å². The topological polar surface area (TPSA) is 49.4 Å². The number of fused-ring (bicyclic) bond motifs is 1. The van der Waals surface area contributed by atoms with E-state index < -0.39 is 6.04 Å². The molecule has 26 heavy (non-hydrogen) atoms. The van der Waals surface area contributed by atoms with Crippen LogP contribution in [0.25, 0.3) is 0 Å². The molecule has 3 rings (SSSR count). The quantitative estimate of drug-likeness (QED) is 0.909. The third-order valence-corrected chi connectivity index (χ3v) is 4.93. The van der Waals surface area contributed by atoms with Gasteiger partial charge in [0, 0.05) is 17.8 Å². The average Bonchev–Trinajstić information content (AvgIpc) is 2.66. The first-order valence-electron chi connectivity index (χ1n) is 9.27. The molecule has 0 aliphatic carbocycles. The van der Waals surface area contributed by atoms with Crippen LogP contribution in [0.4, 0.5) is 5.69 Å². The molecular formula is C22H26N2O2. The Labute approximate surface area is 155 Å². The highest BCUT2D eigenvalue weighted by atomic mass is 16.2. The van der Waals surface area contributed by atoms with Crippen molar-refractivity contribution >= 4 is 17.5 Å². The summed E-state index contributed by atoms with van der Waals surface area (Å²) in [6.07, 6.45) is 1.93. The number of hydrogen-bond acceptors (Lipinski definition) is 2. The summed E-state index contributed by atoms with van der Waals surface area (Å²) in [5, 5.41) is 2.84. The van der Waals surface area contributed by atoms with Crippen molar-refractivity contribution in [3.63, 3.8) is 0 Å². The van der Waals surface area contributed by atoms with Crippen molar-refractivity contribution in [1.82, 2.24) is 5.32 Å². The number of rotatable bonds is 4. The van der Waals surface area contributed by atoms with E-state index in [0.717, 1.165) is 18.5 Å². The van der Waals surface area contributed by atoms with Crippen molar-refractivity contribution < 1.29 is 9.59 Å². The number of amides is 2. The molecular weight excluding hydrogens is 324 g/mol. The molecule has 0 radical (unpaired) electrons. The number of aryl methyl sites for hydroxylation is 1. The highest BCUT2D eigenvalue weighted by Crippen LogP contribution is 2.27. The summed E-state index contributed by atoms with van der Waals surface area (Å²) in [6.45, 7) is 6.68. The molecule has 0 aromatic heterocycles. The van der Waals surface area contributed by atoms with Crippen molar-refractivity contribution in [2.24, 2.45) is 0 Å². The van der Waals surface area contributed by atoms with Gasteiger partial charge < -0.3 is 10.2 Å². The Hall–Kier alpha value is -2.62. The molecule has 1 atom stereocenters. The van der Waals surface area contributed by atoms with Crippen molar-refractivity contribution in [2.75, 3.05) is 11.4 Å². The Kier molecular flexibility index (Phi) is 5.40. The second-order valence-corrected chi connectivity index (χ2v) is 7.19. The minimum Gasteiger partial charge on any atom is -0.341 e. The number of para-hydroxylation sites is 1. The fraction of sp³-hybridized carbons (Fsp3) is 0.364. The lowest BCUT2D eigenvalue weighted by Gasteiger charge is -2.31. The van der Waals surface area contributed by atoms with Crippen LogP contribution in [0, 0.1) is 0 Å². The van der Waals surface area contributed by atoms with E-state index in [0.29, 0.717) is 18.0 Å². The standard InChI is InChI=1S/C22H26N2O2/c1-15(2)17-10-12-19(13-11-17)21(25)23-16(3)22(26)24-14-6-8-18-7-4-5-9-20(18)24/h4-5,7,9-13,15-16H,6,8,14H2,1-3H3,(H,23,25)/t16-/m0/s1. The predicted octanol–water partition coefficient (Wildman–Crippen LogP) is 3.91. The van der Waals surface area contributed by atoms with Gasteiger partial charge in [-0.1, -0.05) is 44.2 Å². The van der Waals surface area contributed by atoms with Crippen molar-refractivity contribution in [1.29, 1.82) is 0 Å². The molecule has 4 heteroatoms. The van der Waals surface area contributed by atoms with E-state index in [1.54, 1.807) is 11.8 Å². The number of nitrogens with zero attached hydrogens (tertiary/aromatic N) is 1. The summed E-state index contributed by atoms with van der Waals surface area (Å²) >= 11 is 0. The van der Waals surface area contributed by atoms with Gasteiger partial charge in [0.15, 0.2) is 0 Å². The van der Waals surface area contributed by atoms with Crippen molar-refractivity contribution in [3.8, 4) is 0 Å². The van der Waals surface area contributed by atoms with Crippen LogP contribution in [0.5, 0.6) is 0 Å². The van der Waals surface area contributed by atoms with Crippen LogP contribution in [0.3, 0.4) is 0 Å². The highest BCUT2D eigenvalue weighted by molar-refractivity contribution is 6.02. The summed E-state index contributed by atoms with van der Waals surface area (Å²) in [5.41, 5.74) is 3.92. The summed E-state index contributed by atoms with van der Waals surface area (Å²) < 4.78 is 0. The normalized spacial score (nSPS) is 14.7. The Morgan fingerprint density at radius 3 is 2.38 bits per heavy atom. The van der Waals surface area contributed by atoms with Crippen molar-refractivity contribution in [2.45, 2.75) is 45.6 Å². The van der Waals surface area contributed by atoms with Crippen LogP contribution in [0.15, 0.2) is 48.5 Å². The van der Waals surface area contributed by atoms with E-state index in [2.05, 4.69) is 25.2 Å². The van der Waals surface area contributed by atoms with Gasteiger partial charge >= 0.3 is 0 Å². The van der Waals surface area contributed by atoms with Gasteiger partial charge in [-0.05, 0) is 55.0 Å². The van der Waals surface area contributed by atoms with Crippen LogP contribution in [0.2, 0.25) is 0 Å². The highest BCUT2D eigenvalue weighted by Gasteiger charge is 2.27. The number of hydrogen-bond donors (Lipinski definition) is 1. The van der Waals surface area contributed by atoms with Crippen molar-refractivity contribution in [3.05, 3.63) is 65.2 Å². The first-order chi connectivity index (χ1) is 12.5. The number of anilines is 1. The maximum atomic E-state index is 12.9. The largest absolute Gasteiger partial charge is 0.341 e. The molecule has 0 fully saturated rings. The monoisotopic (exact) mass is 350 g/mol. The molecule has 1 aliphatic rings. The van der Waals surface area contributed by atoms with Crippen LogP contribution < -0.4 is 10.2 Å². The van der Waals surface area contributed by atoms with E-state index in [-0.39, 0.29) is 11.8 Å². The molecule has 4 nitrogen and oxygen atoms in total. The summed E-state index contributed by atoms with van der Waals surface area (Å²) in [6, 6.07) is 15.0. The molecule has 0 saturated heterocycles. The van der Waals surface area contributed by atoms with E-state index in [4.69, 9.17) is 0 Å². The lowest BCUT2D eigenvalue weighted by molar-refractivity contribution is -0.120. The third kappa shape index (κ3) is 3.79. The zero-order valence-corrected chi connectivity index (χ0v) is 15.7. The summed E-state index contributed by atoms with van der Waals surface area (Å²) in [4.78, 5) is 27.2. The molecule has 1 N–H and O–H groups in total. The van der Waals surface area contributed by atoms with Gasteiger partial charge in [-0.2, -0.15) is 0 Å². The third-order valence-electron chi connectivity index (χ3n) is 4.93. The molecule has 2 aromatic rings. The van der Waals surface area contributed by atoms with Gasteiger partial charge in [0.2, 0.25) is 5.91 Å². The molecule has 136 valence electrons. The number of nitrogens with one attached hydrogen (secondary N) is 1. The molecule has 0 saturated carbocycles. The van der Waals surface area contributed by atoms with Crippen LogP contribution in [-0.4, -0.2) is 24.4 Å². The van der Waals surface area contributed by atoms with Gasteiger partial charge in [0.1, 0.15) is 6.04 Å². The van der Waals surface area contributed by atoms with E-state index >= 15 is 0 Å². The zero-order valence-electron chi connectivity index (χ0n) is 15.7. The van der Waals surface area contributed by atoms with Gasteiger partial charge in [-0.3, -0.25) is 9.59 Å². The molecule has 1 heterocycles. The van der Waals surface area contributed by atoms with Crippen LogP contribution >= 0.6 is 0 Å². The van der Waals surface area contributed by atoms with E-state index in [1.165, 1.54) is 11.1 Å². The lowest BCUT2D eigenvalue weighted by Crippen LogP contribution is -2.48. The molecule has 0 bridgehead atoms. The Balaban J connectivity index is 1.69. The molecule has 2 amide bonds. The summed E-state index contributed by atoms with van der Waals surface area (Å²) in [7, 11) is 0. The van der Waals surface area contributed by atoms with E-state index in [1.807, 2.05) is 42.5 Å². The molecule has 0 spiro atoms. The SMILES string of the molecule is CC(C)c1ccc(C(=O)N[C@@H](C)C(=O)N2CCCc3ccccc32)cc1. The molecule has 0 unspecified atom stereocenters. The van der Waals surface area contributed by atoms with Crippen LogP contribution in [-0.2, 0) is 11.2 Å².